The van der Waals surface area contributed by atoms with Gasteiger partial charge in [-0.25, -0.2) is 0 Å². The second-order valence-electron chi connectivity index (χ2n) is 7.37. The number of allylic oxidation sites excluding steroid dienone is 3. The average Bonchev–Trinajstić information content (AvgIpc) is 2.65. The van der Waals surface area contributed by atoms with E-state index in [-0.39, 0.29) is 0 Å². The van der Waals surface area contributed by atoms with E-state index in [0.717, 1.165) is 46.1 Å². The molecule has 1 atom stereocenters. The van der Waals surface area contributed by atoms with Gasteiger partial charge in [0.15, 0.2) is 0 Å². The van der Waals surface area contributed by atoms with Gasteiger partial charge in [0.05, 0.1) is 0 Å². The highest BCUT2D eigenvalue weighted by atomic mass is 16.5. The van der Waals surface area contributed by atoms with Crippen LogP contribution in [-0.2, 0) is 0 Å². The van der Waals surface area contributed by atoms with Crippen molar-refractivity contribution in [1.82, 2.24) is 0 Å². The van der Waals surface area contributed by atoms with Gasteiger partial charge in [-0.05, 0) is 80.8 Å². The first-order chi connectivity index (χ1) is 13.0. The second-order valence-corrected chi connectivity index (χ2v) is 7.37. The molecule has 0 saturated carbocycles. The highest BCUT2D eigenvalue weighted by Crippen LogP contribution is 2.33. The maximum absolute atomic E-state index is 6.20. The maximum Gasteiger partial charge on any atom is 0.133 e. The first-order valence-electron chi connectivity index (χ1n) is 9.73. The Morgan fingerprint density at radius 3 is 2.59 bits per heavy atom. The minimum absolute atomic E-state index is 0.606. The summed E-state index contributed by atoms with van der Waals surface area (Å²) in [7, 11) is 1.93. The molecule has 2 aromatic rings. The van der Waals surface area contributed by atoms with Gasteiger partial charge in [0.25, 0.3) is 0 Å². The lowest BCUT2D eigenvalue weighted by atomic mass is 9.92. The summed E-state index contributed by atoms with van der Waals surface area (Å²) in [5, 5.41) is 6.63. The first kappa shape index (κ1) is 19.1. The van der Waals surface area contributed by atoms with E-state index < -0.39 is 0 Å². The molecular weight excluding hydrogens is 332 g/mol. The fourth-order valence-electron chi connectivity index (χ4n) is 3.64. The minimum atomic E-state index is 0.606. The van der Waals surface area contributed by atoms with E-state index in [2.05, 4.69) is 61.4 Å². The fraction of sp³-hybridized carbons (Fsp3) is 0.333. The standard InChI is InChI=1S/C24H30N2O/c1-17-13-22(25-4)14-18(2)24(17)27-23-12-8-11-21(16-23)26-19(3)15-20-9-6-5-7-10-20/h6,8-9,11-14,16,20,25-26H,3,5,7,10,15H2,1-2,4H3. The summed E-state index contributed by atoms with van der Waals surface area (Å²) < 4.78 is 6.20. The maximum atomic E-state index is 6.20. The Balaban J connectivity index is 1.68. The van der Waals surface area contributed by atoms with Gasteiger partial charge in [-0.1, -0.05) is 24.8 Å². The number of hydrogen-bond acceptors (Lipinski definition) is 3. The van der Waals surface area contributed by atoms with Crippen LogP contribution in [0.3, 0.4) is 0 Å². The fourth-order valence-corrected chi connectivity index (χ4v) is 3.64. The summed E-state index contributed by atoms with van der Waals surface area (Å²) in [6.07, 6.45) is 9.34. The van der Waals surface area contributed by atoms with Crippen molar-refractivity contribution in [3.05, 3.63) is 72.0 Å². The van der Waals surface area contributed by atoms with E-state index in [4.69, 9.17) is 4.74 Å². The number of ether oxygens (including phenoxy) is 1. The van der Waals surface area contributed by atoms with Crippen LogP contribution in [-0.4, -0.2) is 7.05 Å². The predicted molar refractivity (Wildman–Crippen MR) is 116 cm³/mol. The molecule has 0 bridgehead atoms. The monoisotopic (exact) mass is 362 g/mol. The van der Waals surface area contributed by atoms with Crippen LogP contribution in [0, 0.1) is 19.8 Å². The van der Waals surface area contributed by atoms with Crippen LogP contribution < -0.4 is 15.4 Å². The van der Waals surface area contributed by atoms with Crippen LogP contribution in [0.2, 0.25) is 0 Å². The molecule has 142 valence electrons. The Morgan fingerprint density at radius 1 is 1.15 bits per heavy atom. The summed E-state index contributed by atoms with van der Waals surface area (Å²) in [5.74, 6) is 2.35. The number of rotatable bonds is 7. The molecule has 0 amide bonds. The summed E-state index contributed by atoms with van der Waals surface area (Å²) in [4.78, 5) is 0. The van der Waals surface area contributed by atoms with Crippen LogP contribution in [0.1, 0.15) is 36.8 Å². The van der Waals surface area contributed by atoms with Crippen LogP contribution in [0.15, 0.2) is 60.8 Å². The lowest BCUT2D eigenvalue weighted by molar-refractivity contribution is 0.475. The number of nitrogens with one attached hydrogen (secondary N) is 2. The van der Waals surface area contributed by atoms with Gasteiger partial charge in [-0.15, -0.1) is 0 Å². The average molecular weight is 363 g/mol. The van der Waals surface area contributed by atoms with Gasteiger partial charge in [0, 0.05) is 30.2 Å². The van der Waals surface area contributed by atoms with Gasteiger partial charge in [-0.2, -0.15) is 0 Å². The van der Waals surface area contributed by atoms with Crippen LogP contribution in [0.5, 0.6) is 11.5 Å². The van der Waals surface area contributed by atoms with E-state index in [1.807, 2.05) is 25.2 Å². The molecule has 2 N–H and O–H groups in total. The SMILES string of the molecule is C=C(CC1C=CCCC1)Nc1cccc(Oc2c(C)cc(NC)cc2C)c1. The molecule has 1 aliphatic carbocycles. The lowest BCUT2D eigenvalue weighted by Gasteiger charge is -2.19. The molecule has 1 aliphatic rings. The summed E-state index contributed by atoms with van der Waals surface area (Å²) >= 11 is 0. The highest BCUT2D eigenvalue weighted by molar-refractivity contribution is 5.57. The number of benzene rings is 2. The van der Waals surface area contributed by atoms with Crippen molar-refractivity contribution in [3.63, 3.8) is 0 Å². The Bertz CT molecular complexity index is 815. The Hall–Kier alpha value is -2.68. The molecule has 1 unspecified atom stereocenters. The number of anilines is 2. The Kier molecular flexibility index (Phi) is 6.23. The molecule has 2 aromatic carbocycles. The van der Waals surface area contributed by atoms with Gasteiger partial charge in [0.2, 0.25) is 0 Å². The zero-order valence-corrected chi connectivity index (χ0v) is 16.6. The molecule has 0 spiro atoms. The third kappa shape index (κ3) is 5.16. The lowest BCUT2D eigenvalue weighted by Crippen LogP contribution is -2.07. The zero-order valence-electron chi connectivity index (χ0n) is 16.6. The molecule has 0 radical (unpaired) electrons. The molecule has 0 aliphatic heterocycles. The van der Waals surface area contributed by atoms with Crippen molar-refractivity contribution >= 4 is 11.4 Å². The predicted octanol–water partition coefficient (Wildman–Crippen LogP) is 6.81. The van der Waals surface area contributed by atoms with E-state index >= 15 is 0 Å². The minimum Gasteiger partial charge on any atom is -0.457 e. The quantitative estimate of drug-likeness (QED) is 0.531. The molecule has 3 heteroatoms. The Morgan fingerprint density at radius 2 is 1.93 bits per heavy atom. The van der Waals surface area contributed by atoms with Crippen LogP contribution in [0.25, 0.3) is 0 Å². The van der Waals surface area contributed by atoms with Crippen molar-refractivity contribution < 1.29 is 4.74 Å². The molecule has 0 saturated heterocycles. The summed E-state index contributed by atoms with van der Waals surface area (Å²) in [6, 6.07) is 12.3. The molecule has 0 heterocycles. The number of aryl methyl sites for hydroxylation is 2. The molecule has 3 nitrogen and oxygen atoms in total. The highest BCUT2D eigenvalue weighted by Gasteiger charge is 2.11. The molecule has 0 aromatic heterocycles. The van der Waals surface area contributed by atoms with Gasteiger partial charge in [0.1, 0.15) is 11.5 Å². The van der Waals surface area contributed by atoms with Crippen molar-refractivity contribution in [1.29, 1.82) is 0 Å². The third-order valence-corrected chi connectivity index (χ3v) is 4.99. The van der Waals surface area contributed by atoms with E-state index in [0.29, 0.717) is 5.92 Å². The van der Waals surface area contributed by atoms with Gasteiger partial charge >= 0.3 is 0 Å². The largest absolute Gasteiger partial charge is 0.457 e. The Labute approximate surface area is 163 Å². The van der Waals surface area contributed by atoms with Crippen LogP contribution >= 0.6 is 0 Å². The van der Waals surface area contributed by atoms with E-state index in [1.54, 1.807) is 0 Å². The van der Waals surface area contributed by atoms with Crippen molar-refractivity contribution in [3.8, 4) is 11.5 Å². The third-order valence-electron chi connectivity index (χ3n) is 4.99. The summed E-state index contributed by atoms with van der Waals surface area (Å²) in [6.45, 7) is 8.36. The van der Waals surface area contributed by atoms with Crippen molar-refractivity contribution in [2.45, 2.75) is 39.5 Å². The van der Waals surface area contributed by atoms with Gasteiger partial charge in [-0.3, -0.25) is 0 Å². The normalized spacial score (nSPS) is 16.0. The molecular formula is C24H30N2O. The van der Waals surface area contributed by atoms with E-state index in [9.17, 15) is 0 Å². The van der Waals surface area contributed by atoms with E-state index in [1.165, 1.54) is 19.3 Å². The molecule has 3 rings (SSSR count). The molecule has 27 heavy (non-hydrogen) atoms. The molecule has 0 fully saturated rings. The van der Waals surface area contributed by atoms with Crippen molar-refractivity contribution in [2.75, 3.05) is 17.7 Å². The van der Waals surface area contributed by atoms with Crippen molar-refractivity contribution in [2.24, 2.45) is 5.92 Å². The topological polar surface area (TPSA) is 33.3 Å². The van der Waals surface area contributed by atoms with Crippen LogP contribution in [0.4, 0.5) is 11.4 Å². The first-order valence-corrected chi connectivity index (χ1v) is 9.73. The smallest absolute Gasteiger partial charge is 0.133 e. The van der Waals surface area contributed by atoms with Gasteiger partial charge < -0.3 is 15.4 Å². The zero-order chi connectivity index (χ0) is 19.2. The second kappa shape index (κ2) is 8.81. The number of hydrogen-bond donors (Lipinski definition) is 2. The summed E-state index contributed by atoms with van der Waals surface area (Å²) in [5.41, 5.74) is 5.40.